The van der Waals surface area contributed by atoms with Crippen LogP contribution in [0.2, 0.25) is 0 Å². The van der Waals surface area contributed by atoms with E-state index in [0.29, 0.717) is 25.9 Å². The van der Waals surface area contributed by atoms with Crippen LogP contribution in [-0.4, -0.2) is 149 Å². The molecular weight excluding hydrogens is 1160 g/mol. The molecule has 2 unspecified atom stereocenters. The quantitative estimate of drug-likeness (QED) is 0.0129. The number of ether oxygens (including phenoxy) is 6. The van der Waals surface area contributed by atoms with Crippen molar-refractivity contribution in [3.05, 3.63) is 12.2 Å². The number of hydrogen-bond donors (Lipinski definition) is 7. The van der Waals surface area contributed by atoms with E-state index in [-0.39, 0.29) is 31.5 Å². The van der Waals surface area contributed by atoms with E-state index in [4.69, 9.17) is 32.9 Å². The SMILES string of the molecule is CCCCCC/C=C\CCCCCCOC(CCCCCCCCCCC)CCO[C@H]1[C@H](OP(=O)(O)O)[C@@H](CO)OC(OC[C@H]2O[C@H](C(=O)O)[C@H](NC(=O)CC(=O)CCCCCCCCCCC)[C@@H](OCCCCCCCCCCCC)[C@@H]2O)[C@@H]1NC(C)=O. The number of aliphatic hydroxyl groups is 2. The molecule has 0 aliphatic carbocycles. The maximum atomic E-state index is 13.6. The Morgan fingerprint density at radius 3 is 1.51 bits per heavy atom. The Bertz CT molecular complexity index is 1840. The van der Waals surface area contributed by atoms with Gasteiger partial charge in [-0.1, -0.05) is 239 Å². The van der Waals surface area contributed by atoms with E-state index >= 15 is 0 Å². The second-order valence-corrected chi connectivity index (χ2v) is 26.6. The lowest BCUT2D eigenvalue weighted by atomic mass is 9.91. The lowest BCUT2D eigenvalue weighted by Crippen LogP contribution is -2.68. The summed E-state index contributed by atoms with van der Waals surface area (Å²) in [7, 11) is -5.28. The van der Waals surface area contributed by atoms with E-state index in [1.54, 1.807) is 0 Å². The predicted molar refractivity (Wildman–Crippen MR) is 350 cm³/mol. The molecule has 2 rings (SSSR count). The summed E-state index contributed by atoms with van der Waals surface area (Å²) in [6.45, 7) is 9.33. The maximum absolute atomic E-state index is 13.6. The fourth-order valence-electron chi connectivity index (χ4n) is 12.1. The standard InChI is InChI=1S/C69H129N2O17P/c1-6-10-14-18-22-26-28-29-33-36-40-44-49-82-57(47-43-39-35-31-25-21-17-13-9-4)48-51-84-66-62(70-55(5)73)69(87-58(53-72)64(66)88-89(79,80)81)85-54-59-63(76)65(83-50-45-41-37-32-27-23-19-15-11-7-2)61(67(86-59)68(77)78)71-60(75)52-56(74)46-42-38-34-30-24-20-16-12-8-3/h26,28,57-59,61-67,69,72,76H,6-25,27,29-54H2,1-5H3,(H,70,73)(H,71,75)(H,77,78)(H2,79,80,81)/b28-26-/t57?,58-,59-,61-,62-,63-,64-,65-,66-,67+,69?/m1/s1. The normalized spacial score (nSPS) is 22.6. The number of unbranched alkanes of at least 4 members (excludes halogenated alkanes) is 33. The van der Waals surface area contributed by atoms with Crippen molar-refractivity contribution in [2.75, 3.05) is 33.0 Å². The topological polar surface area (TPSA) is 275 Å². The number of amides is 2. The average Bonchev–Trinajstić information content (AvgIpc) is 1.52. The monoisotopic (exact) mass is 1290 g/mol. The summed E-state index contributed by atoms with van der Waals surface area (Å²) in [5.41, 5.74) is 0. The van der Waals surface area contributed by atoms with Crippen LogP contribution in [0.3, 0.4) is 0 Å². The van der Waals surface area contributed by atoms with Crippen LogP contribution in [0.4, 0.5) is 0 Å². The molecule has 0 radical (unpaired) electrons. The number of aliphatic carboxylic acids is 1. The number of rotatable bonds is 60. The van der Waals surface area contributed by atoms with Gasteiger partial charge < -0.3 is 64.2 Å². The third-order valence-corrected chi connectivity index (χ3v) is 17.8. The number of nitrogens with one attached hydrogen (secondary N) is 2. The van der Waals surface area contributed by atoms with Gasteiger partial charge in [0.25, 0.3) is 0 Å². The molecule has 2 aliphatic heterocycles. The van der Waals surface area contributed by atoms with E-state index in [2.05, 4.69) is 50.5 Å². The van der Waals surface area contributed by atoms with Crippen LogP contribution >= 0.6 is 7.82 Å². The molecule has 89 heavy (non-hydrogen) atoms. The molecule has 522 valence electrons. The van der Waals surface area contributed by atoms with Crippen molar-refractivity contribution < 1.29 is 81.8 Å². The Hall–Kier alpha value is -2.39. The average molecular weight is 1290 g/mol. The minimum absolute atomic E-state index is 0.000279. The molecule has 0 spiro atoms. The van der Waals surface area contributed by atoms with Gasteiger partial charge in [-0.2, -0.15) is 0 Å². The molecular formula is C69H129N2O17P. The molecule has 2 heterocycles. The first-order valence-corrected chi connectivity index (χ1v) is 37.4. The third-order valence-electron chi connectivity index (χ3n) is 17.3. The van der Waals surface area contributed by atoms with Gasteiger partial charge in [0, 0.05) is 33.2 Å². The third kappa shape index (κ3) is 40.5. The van der Waals surface area contributed by atoms with Gasteiger partial charge in [-0.05, 0) is 57.8 Å². The van der Waals surface area contributed by atoms with Gasteiger partial charge in [0.2, 0.25) is 11.8 Å². The number of carboxylic acids is 1. The Morgan fingerprint density at radius 2 is 1.00 bits per heavy atom. The fourth-order valence-corrected chi connectivity index (χ4v) is 12.7. The Kier molecular flexibility index (Phi) is 50.1. The summed E-state index contributed by atoms with van der Waals surface area (Å²) in [6, 6.07) is -2.75. The molecule has 0 aromatic heterocycles. The molecule has 11 atom stereocenters. The van der Waals surface area contributed by atoms with Crippen LogP contribution in [0.15, 0.2) is 12.2 Å². The van der Waals surface area contributed by atoms with Crippen molar-refractivity contribution in [3.63, 3.8) is 0 Å². The Labute approximate surface area is 538 Å². The lowest BCUT2D eigenvalue weighted by molar-refractivity contribution is -0.289. The van der Waals surface area contributed by atoms with Gasteiger partial charge in [-0.25, -0.2) is 9.36 Å². The number of ketones is 1. The summed E-state index contributed by atoms with van der Waals surface area (Å²) in [6.07, 6.45) is 35.2. The van der Waals surface area contributed by atoms with E-state index in [0.717, 1.165) is 116 Å². The smallest absolute Gasteiger partial charge is 0.470 e. The number of phosphoric ester groups is 1. The molecule has 19 nitrogen and oxygen atoms in total. The van der Waals surface area contributed by atoms with Crippen LogP contribution in [-0.2, 0) is 56.7 Å². The summed E-state index contributed by atoms with van der Waals surface area (Å²) in [4.78, 5) is 73.1. The number of hydrogen-bond acceptors (Lipinski definition) is 14. The maximum Gasteiger partial charge on any atom is 0.470 e. The lowest BCUT2D eigenvalue weighted by Gasteiger charge is -2.47. The summed E-state index contributed by atoms with van der Waals surface area (Å²) < 4.78 is 55.6. The number of phosphoric acid groups is 1. The van der Waals surface area contributed by atoms with Crippen molar-refractivity contribution in [2.24, 2.45) is 0 Å². The fraction of sp³-hybridized carbons (Fsp3) is 0.913. The van der Waals surface area contributed by atoms with Gasteiger partial charge >= 0.3 is 13.8 Å². The van der Waals surface area contributed by atoms with Gasteiger partial charge in [-0.15, -0.1) is 0 Å². The largest absolute Gasteiger partial charge is 0.479 e. The molecule has 0 bridgehead atoms. The van der Waals surface area contributed by atoms with Crippen molar-refractivity contribution in [1.29, 1.82) is 0 Å². The number of carbonyl (C=O) groups excluding carboxylic acids is 3. The predicted octanol–water partition coefficient (Wildman–Crippen LogP) is 14.1. The molecule has 2 fully saturated rings. The van der Waals surface area contributed by atoms with Crippen molar-refractivity contribution in [1.82, 2.24) is 10.6 Å². The highest BCUT2D eigenvalue weighted by Gasteiger charge is 2.53. The highest BCUT2D eigenvalue weighted by Crippen LogP contribution is 2.42. The van der Waals surface area contributed by atoms with Crippen LogP contribution in [0.1, 0.15) is 304 Å². The minimum atomic E-state index is -5.28. The molecule has 0 aromatic carbocycles. The second-order valence-electron chi connectivity index (χ2n) is 25.4. The first kappa shape index (κ1) is 82.7. The zero-order valence-electron chi connectivity index (χ0n) is 56.3. The first-order chi connectivity index (χ1) is 43.1. The summed E-state index contributed by atoms with van der Waals surface area (Å²) in [5.74, 6) is -3.06. The molecule has 7 N–H and O–H groups in total. The highest BCUT2D eigenvalue weighted by molar-refractivity contribution is 7.46. The number of carbonyl (C=O) groups is 4. The summed E-state index contributed by atoms with van der Waals surface area (Å²) in [5, 5.41) is 38.9. The van der Waals surface area contributed by atoms with E-state index < -0.39 is 106 Å². The number of Topliss-reactive ketones (excluding diaryl/α,β-unsaturated/α-hetero) is 1. The zero-order chi connectivity index (χ0) is 65.2. The molecule has 2 amide bonds. The van der Waals surface area contributed by atoms with Crippen LogP contribution < -0.4 is 10.6 Å². The number of aliphatic hydroxyl groups excluding tert-OH is 2. The number of carboxylic acid groups (broad SMARTS) is 1. The van der Waals surface area contributed by atoms with Gasteiger partial charge in [0.15, 0.2) is 12.4 Å². The zero-order valence-corrected chi connectivity index (χ0v) is 57.2. The Balaban J connectivity index is 2.31. The molecule has 0 aromatic rings. The van der Waals surface area contributed by atoms with Crippen molar-refractivity contribution >= 4 is 31.4 Å². The van der Waals surface area contributed by atoms with Gasteiger partial charge in [0.05, 0.1) is 31.8 Å². The van der Waals surface area contributed by atoms with Crippen molar-refractivity contribution in [2.45, 2.75) is 371 Å². The Morgan fingerprint density at radius 1 is 0.528 bits per heavy atom. The molecule has 0 saturated carbocycles. The second kappa shape index (κ2) is 53.9. The van der Waals surface area contributed by atoms with Crippen molar-refractivity contribution in [3.8, 4) is 0 Å². The molecule has 20 heteroatoms. The highest BCUT2D eigenvalue weighted by atomic mass is 31.2. The first-order valence-electron chi connectivity index (χ1n) is 35.9. The van der Waals surface area contributed by atoms with E-state index in [9.17, 15) is 48.8 Å². The minimum Gasteiger partial charge on any atom is -0.479 e. The van der Waals surface area contributed by atoms with Crippen LogP contribution in [0.5, 0.6) is 0 Å². The molecule has 2 aliphatic rings. The summed E-state index contributed by atoms with van der Waals surface area (Å²) >= 11 is 0. The van der Waals surface area contributed by atoms with Crippen LogP contribution in [0.25, 0.3) is 0 Å². The van der Waals surface area contributed by atoms with Gasteiger partial charge in [-0.3, -0.25) is 18.9 Å². The van der Waals surface area contributed by atoms with E-state index in [1.807, 2.05) is 0 Å². The van der Waals surface area contributed by atoms with E-state index in [1.165, 1.54) is 129 Å². The van der Waals surface area contributed by atoms with Crippen LogP contribution in [0, 0.1) is 0 Å². The van der Waals surface area contributed by atoms with Gasteiger partial charge in [0.1, 0.15) is 48.4 Å². The molecule has 2 saturated heterocycles. The number of allylic oxidation sites excluding steroid dienone is 2.